The minimum absolute atomic E-state index is 0.0319. The molecule has 2 rings (SSSR count). The van der Waals surface area contributed by atoms with Crippen molar-refractivity contribution in [2.45, 2.75) is 31.6 Å². The van der Waals surface area contributed by atoms with Crippen LogP contribution in [-0.4, -0.2) is 40.8 Å². The van der Waals surface area contributed by atoms with Crippen LogP contribution in [0.25, 0.3) is 0 Å². The molecule has 0 aliphatic heterocycles. The lowest BCUT2D eigenvalue weighted by atomic mass is 10.2. The molecule has 2 aromatic rings. The van der Waals surface area contributed by atoms with E-state index in [1.54, 1.807) is 36.4 Å². The van der Waals surface area contributed by atoms with Crippen molar-refractivity contribution >= 4 is 21.7 Å². The molecule has 0 saturated carbocycles. The molecule has 0 unspecified atom stereocenters. The number of rotatable bonds is 12. The molecular weight excluding hydrogens is 394 g/mol. The Morgan fingerprint density at radius 2 is 1.66 bits per heavy atom. The molecule has 8 heteroatoms. The van der Waals surface area contributed by atoms with Gasteiger partial charge in [-0.15, -0.1) is 0 Å². The van der Waals surface area contributed by atoms with E-state index in [1.807, 2.05) is 13.8 Å². The third kappa shape index (κ3) is 8.23. The van der Waals surface area contributed by atoms with Crippen molar-refractivity contribution in [2.75, 3.05) is 31.7 Å². The zero-order valence-electron chi connectivity index (χ0n) is 16.7. The number of anilines is 1. The SMILES string of the molecule is CCOCCC(=O)Nc1ccc(OCCCOS(=O)(=O)c2ccc(C)cc2)cc1. The Morgan fingerprint density at radius 1 is 0.966 bits per heavy atom. The Hall–Kier alpha value is -2.42. The van der Waals surface area contributed by atoms with E-state index < -0.39 is 10.1 Å². The molecule has 0 aromatic heterocycles. The van der Waals surface area contributed by atoms with Gasteiger partial charge in [-0.3, -0.25) is 8.98 Å². The molecule has 0 fully saturated rings. The van der Waals surface area contributed by atoms with Gasteiger partial charge in [0.05, 0.1) is 31.1 Å². The van der Waals surface area contributed by atoms with Gasteiger partial charge < -0.3 is 14.8 Å². The Kier molecular flexibility index (Phi) is 9.11. The van der Waals surface area contributed by atoms with E-state index >= 15 is 0 Å². The molecule has 158 valence electrons. The fourth-order valence-electron chi connectivity index (χ4n) is 2.36. The summed E-state index contributed by atoms with van der Waals surface area (Å²) in [6, 6.07) is 13.5. The molecule has 2 aromatic carbocycles. The van der Waals surface area contributed by atoms with E-state index in [0.717, 1.165) is 5.56 Å². The first kappa shape index (κ1) is 22.9. The van der Waals surface area contributed by atoms with E-state index in [1.165, 1.54) is 12.1 Å². The van der Waals surface area contributed by atoms with Gasteiger partial charge >= 0.3 is 0 Å². The summed E-state index contributed by atoms with van der Waals surface area (Å²) in [6.07, 6.45) is 0.721. The monoisotopic (exact) mass is 421 g/mol. The maximum atomic E-state index is 12.1. The third-order valence-electron chi connectivity index (χ3n) is 3.92. The standard InChI is InChI=1S/C21H27NO6S/c1-3-26-16-13-21(23)22-18-7-9-19(10-8-18)27-14-4-15-28-29(24,25)20-11-5-17(2)6-12-20/h5-12H,3-4,13-16H2,1-2H3,(H,22,23). The zero-order chi connectivity index (χ0) is 21.1. The van der Waals surface area contributed by atoms with Crippen molar-refractivity contribution in [1.29, 1.82) is 0 Å². The van der Waals surface area contributed by atoms with E-state index in [0.29, 0.717) is 44.1 Å². The maximum absolute atomic E-state index is 12.1. The highest BCUT2D eigenvalue weighted by atomic mass is 32.2. The first-order valence-electron chi connectivity index (χ1n) is 9.47. The van der Waals surface area contributed by atoms with Gasteiger partial charge in [0.1, 0.15) is 5.75 Å². The molecule has 1 amide bonds. The van der Waals surface area contributed by atoms with Crippen molar-refractivity contribution in [3.05, 3.63) is 54.1 Å². The lowest BCUT2D eigenvalue weighted by Gasteiger charge is -2.09. The highest BCUT2D eigenvalue weighted by Gasteiger charge is 2.14. The van der Waals surface area contributed by atoms with Gasteiger partial charge in [-0.25, -0.2) is 0 Å². The van der Waals surface area contributed by atoms with Crippen LogP contribution in [0.1, 0.15) is 25.3 Å². The van der Waals surface area contributed by atoms with Crippen LogP contribution < -0.4 is 10.1 Å². The Labute approximate surface area is 172 Å². The first-order chi connectivity index (χ1) is 13.9. The average molecular weight is 422 g/mol. The topological polar surface area (TPSA) is 90.9 Å². The quantitative estimate of drug-likeness (QED) is 0.416. The second-order valence-electron chi connectivity index (χ2n) is 6.31. The fourth-order valence-corrected chi connectivity index (χ4v) is 3.30. The largest absolute Gasteiger partial charge is 0.494 e. The van der Waals surface area contributed by atoms with E-state index in [-0.39, 0.29) is 17.4 Å². The van der Waals surface area contributed by atoms with E-state index in [4.69, 9.17) is 13.7 Å². The number of benzene rings is 2. The van der Waals surface area contributed by atoms with Crippen LogP contribution >= 0.6 is 0 Å². The van der Waals surface area contributed by atoms with Gasteiger partial charge in [0.15, 0.2) is 0 Å². The van der Waals surface area contributed by atoms with Gasteiger partial charge in [0.25, 0.3) is 10.1 Å². The predicted octanol–water partition coefficient (Wildman–Crippen LogP) is 3.53. The zero-order valence-corrected chi connectivity index (χ0v) is 17.5. The normalized spacial score (nSPS) is 11.2. The maximum Gasteiger partial charge on any atom is 0.296 e. The van der Waals surface area contributed by atoms with Gasteiger partial charge in [0.2, 0.25) is 5.91 Å². The molecule has 0 radical (unpaired) electrons. The summed E-state index contributed by atoms with van der Waals surface area (Å²) in [6.45, 7) is 5.09. The second kappa shape index (κ2) is 11.5. The molecule has 0 saturated heterocycles. The Morgan fingerprint density at radius 3 is 2.31 bits per heavy atom. The second-order valence-corrected chi connectivity index (χ2v) is 7.93. The Bertz CT molecular complexity index is 863. The number of aryl methyl sites for hydroxylation is 1. The molecule has 29 heavy (non-hydrogen) atoms. The summed E-state index contributed by atoms with van der Waals surface area (Å²) >= 11 is 0. The summed E-state index contributed by atoms with van der Waals surface area (Å²) < 4.78 is 39.9. The summed E-state index contributed by atoms with van der Waals surface area (Å²) in [4.78, 5) is 11.9. The molecule has 0 aliphatic rings. The molecule has 0 heterocycles. The number of carbonyl (C=O) groups excluding carboxylic acids is 1. The molecule has 0 spiro atoms. The van der Waals surface area contributed by atoms with Crippen LogP contribution in [0.4, 0.5) is 5.69 Å². The van der Waals surface area contributed by atoms with E-state index in [9.17, 15) is 13.2 Å². The van der Waals surface area contributed by atoms with Gasteiger partial charge in [-0.1, -0.05) is 17.7 Å². The van der Waals surface area contributed by atoms with Crippen molar-refractivity contribution in [3.63, 3.8) is 0 Å². The lowest BCUT2D eigenvalue weighted by molar-refractivity contribution is -0.117. The van der Waals surface area contributed by atoms with Crippen LogP contribution in [0, 0.1) is 6.92 Å². The Balaban J connectivity index is 1.68. The van der Waals surface area contributed by atoms with Gasteiger partial charge in [-0.05, 0) is 50.2 Å². The van der Waals surface area contributed by atoms with Crippen molar-refractivity contribution < 1.29 is 26.9 Å². The number of hydrogen-bond donors (Lipinski definition) is 1. The van der Waals surface area contributed by atoms with Crippen molar-refractivity contribution in [3.8, 4) is 5.75 Å². The minimum Gasteiger partial charge on any atom is -0.494 e. The highest BCUT2D eigenvalue weighted by Crippen LogP contribution is 2.17. The lowest BCUT2D eigenvalue weighted by Crippen LogP contribution is -2.14. The molecular formula is C21H27NO6S. The molecule has 7 nitrogen and oxygen atoms in total. The van der Waals surface area contributed by atoms with Crippen molar-refractivity contribution in [1.82, 2.24) is 0 Å². The summed E-state index contributed by atoms with van der Waals surface area (Å²) in [7, 11) is -3.75. The summed E-state index contributed by atoms with van der Waals surface area (Å²) in [5.74, 6) is 0.512. The number of ether oxygens (including phenoxy) is 2. The van der Waals surface area contributed by atoms with Crippen molar-refractivity contribution in [2.24, 2.45) is 0 Å². The van der Waals surface area contributed by atoms with Crippen LogP contribution in [0.15, 0.2) is 53.4 Å². The molecule has 0 bridgehead atoms. The van der Waals surface area contributed by atoms with Crippen LogP contribution in [0.5, 0.6) is 5.75 Å². The van der Waals surface area contributed by atoms with Crippen LogP contribution in [0.3, 0.4) is 0 Å². The molecule has 1 N–H and O–H groups in total. The number of carbonyl (C=O) groups is 1. The van der Waals surface area contributed by atoms with Gasteiger partial charge in [-0.2, -0.15) is 8.42 Å². The fraction of sp³-hybridized carbons (Fsp3) is 0.381. The predicted molar refractivity (Wildman–Crippen MR) is 111 cm³/mol. The average Bonchev–Trinajstić information content (AvgIpc) is 2.69. The highest BCUT2D eigenvalue weighted by molar-refractivity contribution is 7.86. The summed E-state index contributed by atoms with van der Waals surface area (Å²) in [5, 5.41) is 2.78. The number of nitrogens with one attached hydrogen (secondary N) is 1. The number of amides is 1. The van der Waals surface area contributed by atoms with Crippen LogP contribution in [-0.2, 0) is 23.8 Å². The van der Waals surface area contributed by atoms with Gasteiger partial charge in [0, 0.05) is 18.7 Å². The smallest absolute Gasteiger partial charge is 0.296 e. The molecule has 0 aliphatic carbocycles. The third-order valence-corrected chi connectivity index (χ3v) is 5.25. The first-order valence-corrected chi connectivity index (χ1v) is 10.9. The van der Waals surface area contributed by atoms with Crippen LogP contribution in [0.2, 0.25) is 0 Å². The minimum atomic E-state index is -3.75. The summed E-state index contributed by atoms with van der Waals surface area (Å²) in [5.41, 5.74) is 1.65. The number of hydrogen-bond acceptors (Lipinski definition) is 6. The molecule has 0 atom stereocenters. The van der Waals surface area contributed by atoms with E-state index in [2.05, 4.69) is 5.32 Å².